The smallest absolute Gasteiger partial charge is 0.196 e. The van der Waals surface area contributed by atoms with Crippen LogP contribution in [0, 0.1) is 0 Å². The number of hydrogen-bond donors (Lipinski definition) is 0. The van der Waals surface area contributed by atoms with Gasteiger partial charge >= 0.3 is 0 Å². The molecule has 0 N–H and O–H groups in total. The second-order valence-corrected chi connectivity index (χ2v) is 7.58. The Bertz CT molecular complexity index is 1070. The topological polar surface area (TPSA) is 52.8 Å². The van der Waals surface area contributed by atoms with Gasteiger partial charge in [-0.3, -0.25) is 9.55 Å². The number of pyridine rings is 1. The molecule has 0 aliphatic rings. The fourth-order valence-electron chi connectivity index (χ4n) is 2.84. The monoisotopic (exact) mass is 422 g/mol. The van der Waals surface area contributed by atoms with E-state index in [2.05, 4.69) is 15.2 Å². The second-order valence-electron chi connectivity index (χ2n) is 6.20. The Hall–Kier alpha value is -2.83. The lowest BCUT2D eigenvalue weighted by Crippen LogP contribution is -2.01. The molecule has 2 aromatic heterocycles. The normalized spacial score (nSPS) is 10.8. The minimum Gasteiger partial charge on any atom is -0.494 e. The Morgan fingerprint density at radius 3 is 2.45 bits per heavy atom. The first-order valence-electron chi connectivity index (χ1n) is 9.22. The summed E-state index contributed by atoms with van der Waals surface area (Å²) in [7, 11) is 0. The van der Waals surface area contributed by atoms with Crippen LogP contribution in [-0.4, -0.2) is 26.4 Å². The first kappa shape index (κ1) is 19.5. The van der Waals surface area contributed by atoms with Gasteiger partial charge in [0.05, 0.1) is 12.3 Å². The zero-order valence-corrected chi connectivity index (χ0v) is 17.4. The average molecular weight is 423 g/mol. The molecule has 0 saturated heterocycles. The summed E-state index contributed by atoms with van der Waals surface area (Å²) in [5, 5.41) is 10.4. The highest BCUT2D eigenvalue weighted by atomic mass is 35.5. The molecule has 0 aliphatic carbocycles. The molecule has 0 saturated carbocycles. The molecule has 0 unspecified atom stereocenters. The summed E-state index contributed by atoms with van der Waals surface area (Å²) >= 11 is 7.61. The van der Waals surface area contributed by atoms with E-state index in [1.54, 1.807) is 18.0 Å². The lowest BCUT2D eigenvalue weighted by molar-refractivity contribution is 0.340. The quantitative estimate of drug-likeness (QED) is 0.359. The lowest BCUT2D eigenvalue weighted by atomic mass is 10.2. The number of hydrogen-bond acceptors (Lipinski definition) is 5. The summed E-state index contributed by atoms with van der Waals surface area (Å²) in [5.41, 5.74) is 2.89. The third-order valence-corrected chi connectivity index (χ3v) is 5.47. The molecule has 0 bridgehead atoms. The molecule has 2 heterocycles. The first-order chi connectivity index (χ1) is 14.2. The highest BCUT2D eigenvalue weighted by molar-refractivity contribution is 7.98. The van der Waals surface area contributed by atoms with E-state index >= 15 is 0 Å². The standard InChI is InChI=1S/C22H19ClN4OS/c1-2-28-19-12-10-18(11-13-19)27-21(20-5-3-4-14-24-20)25-26-22(27)29-15-16-6-8-17(23)9-7-16/h3-14H,2,15H2,1H3. The van der Waals surface area contributed by atoms with Gasteiger partial charge in [-0.1, -0.05) is 41.6 Å². The number of benzene rings is 2. The zero-order chi connectivity index (χ0) is 20.1. The molecular weight excluding hydrogens is 404 g/mol. The van der Waals surface area contributed by atoms with Crippen molar-refractivity contribution < 1.29 is 4.74 Å². The van der Waals surface area contributed by atoms with Crippen LogP contribution in [0.4, 0.5) is 0 Å². The van der Waals surface area contributed by atoms with Gasteiger partial charge in [-0.25, -0.2) is 0 Å². The van der Waals surface area contributed by atoms with Crippen LogP contribution >= 0.6 is 23.4 Å². The van der Waals surface area contributed by atoms with Crippen molar-refractivity contribution in [1.82, 2.24) is 19.7 Å². The maximum atomic E-state index is 5.99. The summed E-state index contributed by atoms with van der Waals surface area (Å²) < 4.78 is 7.60. The number of halogens is 1. The Balaban J connectivity index is 1.69. The van der Waals surface area contributed by atoms with Gasteiger partial charge in [0.25, 0.3) is 0 Å². The largest absolute Gasteiger partial charge is 0.494 e. The van der Waals surface area contributed by atoms with Crippen molar-refractivity contribution in [2.45, 2.75) is 17.8 Å². The molecule has 29 heavy (non-hydrogen) atoms. The van der Waals surface area contributed by atoms with Crippen LogP contribution in [0.2, 0.25) is 5.02 Å². The Morgan fingerprint density at radius 1 is 0.966 bits per heavy atom. The van der Waals surface area contributed by atoms with Crippen molar-refractivity contribution in [3.63, 3.8) is 0 Å². The Labute approximate surface area is 178 Å². The molecule has 5 nitrogen and oxygen atoms in total. The van der Waals surface area contributed by atoms with Crippen molar-refractivity contribution in [2.75, 3.05) is 6.61 Å². The van der Waals surface area contributed by atoms with E-state index in [1.165, 1.54) is 5.56 Å². The van der Waals surface area contributed by atoms with Gasteiger partial charge < -0.3 is 4.74 Å². The minimum absolute atomic E-state index is 0.632. The van der Waals surface area contributed by atoms with Crippen LogP contribution < -0.4 is 4.74 Å². The van der Waals surface area contributed by atoms with Crippen LogP contribution in [-0.2, 0) is 5.75 Å². The summed E-state index contributed by atoms with van der Waals surface area (Å²) in [6, 6.07) is 21.5. The zero-order valence-electron chi connectivity index (χ0n) is 15.8. The predicted molar refractivity (Wildman–Crippen MR) is 117 cm³/mol. The van der Waals surface area contributed by atoms with Crippen LogP contribution in [0.1, 0.15) is 12.5 Å². The lowest BCUT2D eigenvalue weighted by Gasteiger charge is -2.11. The van der Waals surface area contributed by atoms with Gasteiger partial charge in [0.2, 0.25) is 0 Å². The van der Waals surface area contributed by atoms with Gasteiger partial charge in [0.15, 0.2) is 11.0 Å². The number of ether oxygens (including phenoxy) is 1. The summed E-state index contributed by atoms with van der Waals surface area (Å²) in [4.78, 5) is 4.45. The fraction of sp³-hybridized carbons (Fsp3) is 0.136. The molecule has 146 valence electrons. The Kier molecular flexibility index (Phi) is 6.12. The first-order valence-corrected chi connectivity index (χ1v) is 10.6. The highest BCUT2D eigenvalue weighted by Crippen LogP contribution is 2.30. The van der Waals surface area contributed by atoms with Crippen LogP contribution in [0.25, 0.3) is 17.2 Å². The van der Waals surface area contributed by atoms with Crippen molar-refractivity contribution in [2.24, 2.45) is 0 Å². The SMILES string of the molecule is CCOc1ccc(-n2c(SCc3ccc(Cl)cc3)nnc2-c2ccccn2)cc1. The van der Waals surface area contributed by atoms with E-state index in [0.29, 0.717) is 12.4 Å². The molecule has 7 heteroatoms. The second kappa shape index (κ2) is 9.11. The molecule has 0 aliphatic heterocycles. The van der Waals surface area contributed by atoms with Crippen molar-refractivity contribution in [1.29, 1.82) is 0 Å². The summed E-state index contributed by atoms with van der Waals surface area (Å²) in [6.45, 7) is 2.60. The van der Waals surface area contributed by atoms with E-state index < -0.39 is 0 Å². The van der Waals surface area contributed by atoms with Crippen LogP contribution in [0.5, 0.6) is 5.75 Å². The molecule has 2 aromatic carbocycles. The molecular formula is C22H19ClN4OS. The van der Waals surface area contributed by atoms with Crippen molar-refractivity contribution in [3.05, 3.63) is 83.5 Å². The molecule has 4 rings (SSSR count). The summed E-state index contributed by atoms with van der Waals surface area (Å²) in [6.07, 6.45) is 1.76. The van der Waals surface area contributed by atoms with Crippen molar-refractivity contribution >= 4 is 23.4 Å². The maximum absolute atomic E-state index is 5.99. The minimum atomic E-state index is 0.632. The van der Waals surface area contributed by atoms with Gasteiger partial charge in [0, 0.05) is 17.0 Å². The molecule has 0 atom stereocenters. The Morgan fingerprint density at radius 2 is 1.76 bits per heavy atom. The number of nitrogens with zero attached hydrogens (tertiary/aromatic N) is 4. The summed E-state index contributed by atoms with van der Waals surface area (Å²) in [5.74, 6) is 2.29. The van der Waals surface area contributed by atoms with E-state index in [-0.39, 0.29) is 0 Å². The van der Waals surface area contributed by atoms with E-state index in [0.717, 1.165) is 33.1 Å². The predicted octanol–water partition coefficient (Wildman–Crippen LogP) is 5.67. The molecule has 0 radical (unpaired) electrons. The third-order valence-electron chi connectivity index (χ3n) is 4.21. The van der Waals surface area contributed by atoms with Gasteiger partial charge in [0.1, 0.15) is 11.4 Å². The molecule has 0 amide bonds. The van der Waals surface area contributed by atoms with E-state index in [4.69, 9.17) is 16.3 Å². The van der Waals surface area contributed by atoms with E-state index in [1.807, 2.05) is 78.2 Å². The highest BCUT2D eigenvalue weighted by Gasteiger charge is 2.17. The molecule has 4 aromatic rings. The molecule has 0 spiro atoms. The molecule has 0 fully saturated rings. The third kappa shape index (κ3) is 4.60. The van der Waals surface area contributed by atoms with Gasteiger partial charge in [-0.05, 0) is 61.0 Å². The van der Waals surface area contributed by atoms with E-state index in [9.17, 15) is 0 Å². The van der Waals surface area contributed by atoms with Crippen LogP contribution in [0.15, 0.2) is 78.1 Å². The van der Waals surface area contributed by atoms with Gasteiger partial charge in [-0.15, -0.1) is 10.2 Å². The van der Waals surface area contributed by atoms with Crippen LogP contribution in [0.3, 0.4) is 0 Å². The average Bonchev–Trinajstić information content (AvgIpc) is 3.19. The number of rotatable bonds is 7. The fourth-order valence-corrected chi connectivity index (χ4v) is 3.88. The van der Waals surface area contributed by atoms with Gasteiger partial charge in [-0.2, -0.15) is 0 Å². The van der Waals surface area contributed by atoms with Crippen molar-refractivity contribution in [3.8, 4) is 23.0 Å². The maximum Gasteiger partial charge on any atom is 0.196 e. The number of thioether (sulfide) groups is 1. The number of aromatic nitrogens is 4.